The summed E-state index contributed by atoms with van der Waals surface area (Å²) in [5.74, 6) is 1.50. The zero-order valence-electron chi connectivity index (χ0n) is 17.1. The summed E-state index contributed by atoms with van der Waals surface area (Å²) in [5, 5.41) is 7.94. The molecule has 1 aliphatic heterocycles. The van der Waals surface area contributed by atoms with Crippen molar-refractivity contribution in [3.05, 3.63) is 73.1 Å². The third kappa shape index (κ3) is 4.96. The molecule has 154 valence electrons. The summed E-state index contributed by atoms with van der Waals surface area (Å²) in [6.45, 7) is 11.8. The number of thiazole rings is 1. The van der Waals surface area contributed by atoms with Crippen LogP contribution in [0.3, 0.4) is 0 Å². The number of fused-ring (bicyclic) bond motifs is 1. The normalized spacial score (nSPS) is 17.0. The third-order valence-electron chi connectivity index (χ3n) is 4.87. The summed E-state index contributed by atoms with van der Waals surface area (Å²) in [7, 11) is 0. The van der Waals surface area contributed by atoms with Gasteiger partial charge in [-0.3, -0.25) is 4.98 Å². The van der Waals surface area contributed by atoms with Crippen molar-refractivity contribution in [2.24, 2.45) is 0 Å². The molecule has 1 saturated heterocycles. The molecule has 0 spiro atoms. The molecule has 3 heterocycles. The second kappa shape index (κ2) is 9.24. The van der Waals surface area contributed by atoms with Crippen molar-refractivity contribution in [3.8, 4) is 11.5 Å². The number of aromatic nitrogens is 2. The van der Waals surface area contributed by atoms with E-state index >= 15 is 0 Å². The number of benzene rings is 1. The molecular formula is C24H26N4OS. The largest absolute Gasteiger partial charge is 0.457 e. The van der Waals surface area contributed by atoms with Crippen molar-refractivity contribution >= 4 is 32.3 Å². The molecule has 5 nitrogen and oxygen atoms in total. The number of ether oxygens (including phenoxy) is 1. The lowest BCUT2D eigenvalue weighted by atomic mass is 10.1. The van der Waals surface area contributed by atoms with Crippen LogP contribution in [-0.4, -0.2) is 29.1 Å². The summed E-state index contributed by atoms with van der Waals surface area (Å²) in [5.41, 5.74) is 3.64. The standard InChI is InChI=1S/C24H26N4OS/c1-4-17(12-16(2)3)22-13-20(9-11-26-22)29-19-7-8-21-23(14-19)30-24(28-21)27-18-6-5-10-25-15-18/h4,7-9,11-14,18,25H,1-2,5-6,10,15H2,3H3,(H,27,28)/b17-12+/t18-/m0/s1. The van der Waals surface area contributed by atoms with Gasteiger partial charge in [-0.2, -0.15) is 0 Å². The topological polar surface area (TPSA) is 59.1 Å². The van der Waals surface area contributed by atoms with Crippen LogP contribution in [0.25, 0.3) is 15.8 Å². The van der Waals surface area contributed by atoms with Crippen molar-refractivity contribution in [2.45, 2.75) is 25.8 Å². The minimum atomic E-state index is 0.441. The first-order valence-electron chi connectivity index (χ1n) is 10.1. The maximum Gasteiger partial charge on any atom is 0.184 e. The molecule has 4 rings (SSSR count). The van der Waals surface area contributed by atoms with Gasteiger partial charge in [-0.1, -0.05) is 42.2 Å². The fourth-order valence-electron chi connectivity index (χ4n) is 3.45. The van der Waals surface area contributed by atoms with Crippen LogP contribution < -0.4 is 15.4 Å². The number of hydrogen-bond acceptors (Lipinski definition) is 6. The van der Waals surface area contributed by atoms with E-state index in [0.29, 0.717) is 6.04 Å². The van der Waals surface area contributed by atoms with Gasteiger partial charge in [0.2, 0.25) is 0 Å². The Labute approximate surface area is 181 Å². The first kappa shape index (κ1) is 20.3. The molecule has 3 aromatic rings. The lowest BCUT2D eigenvalue weighted by molar-refractivity contribution is 0.480. The number of nitrogens with one attached hydrogen (secondary N) is 2. The molecule has 6 heteroatoms. The highest BCUT2D eigenvalue weighted by Crippen LogP contribution is 2.32. The third-order valence-corrected chi connectivity index (χ3v) is 5.82. The Morgan fingerprint density at radius 2 is 2.17 bits per heavy atom. The second-order valence-electron chi connectivity index (χ2n) is 7.47. The molecule has 0 unspecified atom stereocenters. The highest BCUT2D eigenvalue weighted by Gasteiger charge is 2.15. The van der Waals surface area contributed by atoms with Crippen LogP contribution in [0.1, 0.15) is 25.5 Å². The van der Waals surface area contributed by atoms with Gasteiger partial charge < -0.3 is 15.4 Å². The first-order chi connectivity index (χ1) is 14.6. The van der Waals surface area contributed by atoms with Gasteiger partial charge in [-0.05, 0) is 50.1 Å². The molecule has 1 atom stereocenters. The van der Waals surface area contributed by atoms with E-state index in [2.05, 4.69) is 28.8 Å². The van der Waals surface area contributed by atoms with Crippen molar-refractivity contribution < 1.29 is 4.74 Å². The van der Waals surface area contributed by atoms with Crippen LogP contribution in [0.2, 0.25) is 0 Å². The van der Waals surface area contributed by atoms with Crippen LogP contribution in [0.15, 0.2) is 67.4 Å². The number of rotatable bonds is 7. The van der Waals surface area contributed by atoms with E-state index in [1.165, 1.54) is 12.8 Å². The van der Waals surface area contributed by atoms with Crippen molar-refractivity contribution in [1.29, 1.82) is 0 Å². The first-order valence-corrected chi connectivity index (χ1v) is 10.9. The molecule has 0 aliphatic carbocycles. The smallest absolute Gasteiger partial charge is 0.184 e. The predicted molar refractivity (Wildman–Crippen MR) is 126 cm³/mol. The van der Waals surface area contributed by atoms with Gasteiger partial charge in [0.05, 0.1) is 15.9 Å². The highest BCUT2D eigenvalue weighted by molar-refractivity contribution is 7.22. The van der Waals surface area contributed by atoms with E-state index in [1.54, 1.807) is 23.6 Å². The summed E-state index contributed by atoms with van der Waals surface area (Å²) in [6, 6.07) is 10.2. The van der Waals surface area contributed by atoms with E-state index in [4.69, 9.17) is 9.72 Å². The monoisotopic (exact) mass is 418 g/mol. The lowest BCUT2D eigenvalue weighted by Gasteiger charge is -2.23. The summed E-state index contributed by atoms with van der Waals surface area (Å²) in [4.78, 5) is 9.15. The average Bonchev–Trinajstić information content (AvgIpc) is 3.14. The predicted octanol–water partition coefficient (Wildman–Crippen LogP) is 5.79. The molecule has 0 radical (unpaired) electrons. The van der Waals surface area contributed by atoms with Gasteiger partial charge >= 0.3 is 0 Å². The molecule has 0 bridgehead atoms. The molecule has 2 aromatic heterocycles. The minimum Gasteiger partial charge on any atom is -0.457 e. The van der Waals surface area contributed by atoms with Crippen LogP contribution in [0, 0.1) is 0 Å². The summed E-state index contributed by atoms with van der Waals surface area (Å²) in [6.07, 6.45) is 7.85. The fourth-order valence-corrected chi connectivity index (χ4v) is 4.42. The molecule has 0 amide bonds. The van der Waals surface area contributed by atoms with Crippen molar-refractivity contribution in [2.75, 3.05) is 18.4 Å². The second-order valence-corrected chi connectivity index (χ2v) is 8.50. The van der Waals surface area contributed by atoms with Crippen LogP contribution in [0.5, 0.6) is 11.5 Å². The average molecular weight is 419 g/mol. The van der Waals surface area contributed by atoms with E-state index in [-0.39, 0.29) is 0 Å². The zero-order chi connectivity index (χ0) is 20.9. The Hall–Kier alpha value is -2.96. The van der Waals surface area contributed by atoms with Crippen LogP contribution >= 0.6 is 11.3 Å². The maximum atomic E-state index is 6.11. The molecule has 1 aliphatic rings. The van der Waals surface area contributed by atoms with Gasteiger partial charge in [-0.25, -0.2) is 4.98 Å². The highest BCUT2D eigenvalue weighted by atomic mass is 32.1. The Morgan fingerprint density at radius 3 is 2.93 bits per heavy atom. The van der Waals surface area contributed by atoms with Crippen molar-refractivity contribution in [1.82, 2.24) is 15.3 Å². The molecular weight excluding hydrogens is 392 g/mol. The summed E-state index contributed by atoms with van der Waals surface area (Å²) < 4.78 is 7.21. The summed E-state index contributed by atoms with van der Waals surface area (Å²) >= 11 is 1.66. The SMILES string of the molecule is C=C/C(=C\C(=C)C)c1cc(Oc2ccc3nc(N[C@H]4CCCNC4)sc3c2)ccn1. The van der Waals surface area contributed by atoms with Gasteiger partial charge in [0.1, 0.15) is 11.5 Å². The number of nitrogens with zero attached hydrogens (tertiary/aromatic N) is 2. The Kier molecular flexibility index (Phi) is 6.26. The molecule has 1 aromatic carbocycles. The van der Waals surface area contributed by atoms with E-state index in [0.717, 1.165) is 56.8 Å². The Balaban J connectivity index is 1.52. The molecule has 30 heavy (non-hydrogen) atoms. The van der Waals surface area contributed by atoms with Gasteiger partial charge in [0.15, 0.2) is 5.13 Å². The number of piperidine rings is 1. The van der Waals surface area contributed by atoms with Crippen molar-refractivity contribution in [3.63, 3.8) is 0 Å². The fraction of sp³-hybridized carbons (Fsp3) is 0.250. The molecule has 2 N–H and O–H groups in total. The Bertz CT molecular complexity index is 1100. The molecule has 1 fully saturated rings. The number of allylic oxidation sites excluding steroid dienone is 4. The van der Waals surface area contributed by atoms with Crippen LogP contribution in [0.4, 0.5) is 5.13 Å². The van der Waals surface area contributed by atoms with E-state index in [9.17, 15) is 0 Å². The van der Waals surface area contributed by atoms with Gasteiger partial charge in [-0.15, -0.1) is 0 Å². The maximum absolute atomic E-state index is 6.11. The van der Waals surface area contributed by atoms with E-state index < -0.39 is 0 Å². The number of anilines is 1. The number of hydrogen-bond donors (Lipinski definition) is 2. The van der Waals surface area contributed by atoms with E-state index in [1.807, 2.05) is 43.3 Å². The lowest BCUT2D eigenvalue weighted by Crippen LogP contribution is -2.38. The Morgan fingerprint density at radius 1 is 1.30 bits per heavy atom. The number of pyridine rings is 1. The zero-order valence-corrected chi connectivity index (χ0v) is 18.0. The van der Waals surface area contributed by atoms with Crippen LogP contribution in [-0.2, 0) is 0 Å². The minimum absolute atomic E-state index is 0.441. The van der Waals surface area contributed by atoms with Gasteiger partial charge in [0.25, 0.3) is 0 Å². The quantitative estimate of drug-likeness (QED) is 0.475. The van der Waals surface area contributed by atoms with Gasteiger partial charge in [0, 0.05) is 30.9 Å². The molecule has 0 saturated carbocycles.